The van der Waals surface area contributed by atoms with Crippen molar-refractivity contribution < 1.29 is 0 Å². The Morgan fingerprint density at radius 1 is 1.80 bits per heavy atom. The highest BCUT2D eigenvalue weighted by molar-refractivity contribution is 5.89. The average Bonchev–Trinajstić information content (AvgIpc) is 2.44. The number of aliphatic imine (C=N–C) groups is 1. The Bertz CT molecular complexity index is 195. The van der Waals surface area contributed by atoms with Gasteiger partial charge in [0.2, 0.25) is 0 Å². The first kappa shape index (κ1) is 6.07. The lowest BCUT2D eigenvalue weighted by Crippen LogP contribution is -2.38. The predicted molar refractivity (Wildman–Crippen MR) is 40.3 cm³/mol. The van der Waals surface area contributed by atoms with Gasteiger partial charge in [0.05, 0.1) is 25.7 Å². The van der Waals surface area contributed by atoms with Gasteiger partial charge in [-0.3, -0.25) is 0 Å². The molecule has 0 saturated carbocycles. The summed E-state index contributed by atoms with van der Waals surface area (Å²) in [6.07, 6.45) is 4.87. The summed E-state index contributed by atoms with van der Waals surface area (Å²) < 4.78 is 0. The van der Waals surface area contributed by atoms with Crippen molar-refractivity contribution in [2.75, 3.05) is 13.1 Å². The molecule has 0 N–H and O–H groups in total. The Morgan fingerprint density at radius 3 is 3.50 bits per heavy atom. The van der Waals surface area contributed by atoms with Gasteiger partial charge in [0.1, 0.15) is 0 Å². The van der Waals surface area contributed by atoms with Crippen molar-refractivity contribution in [3.63, 3.8) is 0 Å². The van der Waals surface area contributed by atoms with Crippen LogP contribution in [0, 0.1) is 6.92 Å². The van der Waals surface area contributed by atoms with Crippen molar-refractivity contribution in [3.8, 4) is 0 Å². The molecule has 3 nitrogen and oxygen atoms in total. The number of hydrogen-bond donors (Lipinski definition) is 0. The first-order chi connectivity index (χ1) is 4.92. The van der Waals surface area contributed by atoms with E-state index in [1.807, 2.05) is 12.4 Å². The largest absolute Gasteiger partial charge is 0.281 e. The van der Waals surface area contributed by atoms with Gasteiger partial charge < -0.3 is 0 Å². The molecule has 2 aliphatic rings. The second-order valence-corrected chi connectivity index (χ2v) is 2.39. The fraction of sp³-hybridized carbons (Fsp3) is 0.429. The fourth-order valence-corrected chi connectivity index (χ4v) is 1.32. The lowest BCUT2D eigenvalue weighted by molar-refractivity contribution is 0.227. The molecule has 52 valence electrons. The monoisotopic (exact) mass is 136 g/mol. The standard InChI is InChI=1S/C7H10N3/c1-2-9-5-3-7-8-4-6-10(7)9/h4,6H,1-3,5H2/q+1. The van der Waals surface area contributed by atoms with Crippen molar-refractivity contribution in [2.24, 2.45) is 4.99 Å². The summed E-state index contributed by atoms with van der Waals surface area (Å²) in [7, 11) is 0. The van der Waals surface area contributed by atoms with E-state index in [9.17, 15) is 0 Å². The van der Waals surface area contributed by atoms with Crippen LogP contribution in [-0.4, -0.2) is 23.9 Å². The van der Waals surface area contributed by atoms with E-state index in [4.69, 9.17) is 0 Å². The molecule has 0 unspecified atom stereocenters. The second-order valence-electron chi connectivity index (χ2n) is 2.39. The van der Waals surface area contributed by atoms with Crippen LogP contribution in [0.4, 0.5) is 0 Å². The summed E-state index contributed by atoms with van der Waals surface area (Å²) in [5, 5.41) is 4.25. The van der Waals surface area contributed by atoms with E-state index in [0.717, 1.165) is 25.3 Å². The Balaban J connectivity index is 2.17. The molecule has 0 amide bonds. The quantitative estimate of drug-likeness (QED) is 0.480. The molecule has 0 atom stereocenters. The van der Waals surface area contributed by atoms with Crippen LogP contribution in [0.1, 0.15) is 6.42 Å². The third kappa shape index (κ3) is 0.711. The maximum Gasteiger partial charge on any atom is 0.281 e. The van der Waals surface area contributed by atoms with E-state index in [-0.39, 0.29) is 0 Å². The molecule has 1 fully saturated rings. The number of fused-ring (bicyclic) bond motifs is 1. The third-order valence-electron chi connectivity index (χ3n) is 1.85. The highest BCUT2D eigenvalue weighted by Crippen LogP contribution is 2.14. The molecule has 0 aromatic carbocycles. The summed E-state index contributed by atoms with van der Waals surface area (Å²) in [6, 6.07) is 0. The molecule has 2 rings (SSSR count). The second kappa shape index (κ2) is 2.18. The summed E-state index contributed by atoms with van der Waals surface area (Å²) in [4.78, 5) is 4.19. The van der Waals surface area contributed by atoms with E-state index in [1.165, 1.54) is 0 Å². The van der Waals surface area contributed by atoms with E-state index in [2.05, 4.69) is 21.9 Å². The summed E-state index contributed by atoms with van der Waals surface area (Å²) in [5.74, 6) is 1.16. The fourth-order valence-electron chi connectivity index (χ4n) is 1.32. The van der Waals surface area contributed by atoms with Gasteiger partial charge in [-0.05, 0) is 6.92 Å². The van der Waals surface area contributed by atoms with Gasteiger partial charge in [-0.1, -0.05) is 5.01 Å². The highest BCUT2D eigenvalue weighted by Gasteiger charge is 2.38. The minimum absolute atomic E-state index is 0.823. The van der Waals surface area contributed by atoms with E-state index in [1.54, 1.807) is 0 Å². The number of rotatable bonds is 1. The number of hydrazine groups is 1. The molecule has 1 saturated heterocycles. The van der Waals surface area contributed by atoms with Crippen LogP contribution >= 0.6 is 0 Å². The maximum atomic E-state index is 4.19. The smallest absolute Gasteiger partial charge is 0.197 e. The zero-order chi connectivity index (χ0) is 6.97. The van der Waals surface area contributed by atoms with Gasteiger partial charge in [-0.15, -0.1) is 0 Å². The molecule has 0 spiro atoms. The molecule has 0 bridgehead atoms. The van der Waals surface area contributed by atoms with Crippen LogP contribution < -0.4 is 5.01 Å². The third-order valence-corrected chi connectivity index (χ3v) is 1.85. The first-order valence-electron chi connectivity index (χ1n) is 3.48. The van der Waals surface area contributed by atoms with Gasteiger partial charge in [0, 0.05) is 5.01 Å². The highest BCUT2D eigenvalue weighted by atomic mass is 15.7. The number of hydrogen-bond acceptors (Lipinski definition) is 3. The normalized spacial score (nSPS) is 25.5. The zero-order valence-electron chi connectivity index (χ0n) is 5.82. The van der Waals surface area contributed by atoms with E-state index >= 15 is 0 Å². The lowest BCUT2D eigenvalue weighted by Gasteiger charge is -2.06. The summed E-state index contributed by atoms with van der Waals surface area (Å²) in [6.45, 7) is 5.71. The van der Waals surface area contributed by atoms with Crippen LogP contribution in [-0.2, 0) is 0 Å². The SMILES string of the molecule is [CH2]CN1CCC2=NC=C[N+]21. The first-order valence-corrected chi connectivity index (χ1v) is 3.48. The Labute approximate surface area is 60.6 Å². The average molecular weight is 136 g/mol. The van der Waals surface area contributed by atoms with E-state index < -0.39 is 0 Å². The minimum atomic E-state index is 0.823. The Morgan fingerprint density at radius 2 is 2.70 bits per heavy atom. The molecule has 2 aliphatic heterocycles. The molecular formula is C7H10N3+. The van der Waals surface area contributed by atoms with Crippen LogP contribution in [0.25, 0.3) is 0 Å². The molecule has 0 aromatic heterocycles. The van der Waals surface area contributed by atoms with Gasteiger partial charge >= 0.3 is 0 Å². The van der Waals surface area contributed by atoms with E-state index in [0.29, 0.717) is 0 Å². The van der Waals surface area contributed by atoms with Gasteiger partial charge in [-0.25, -0.2) is 0 Å². The molecule has 0 aromatic rings. The van der Waals surface area contributed by atoms with Crippen LogP contribution in [0.15, 0.2) is 17.4 Å². The van der Waals surface area contributed by atoms with Crippen LogP contribution in [0.3, 0.4) is 0 Å². The summed E-state index contributed by atoms with van der Waals surface area (Å²) in [5.41, 5.74) is 0. The Hall–Kier alpha value is -0.670. The van der Waals surface area contributed by atoms with Gasteiger partial charge in [0.25, 0.3) is 5.84 Å². The summed E-state index contributed by atoms with van der Waals surface area (Å²) >= 11 is 0. The molecule has 0 aliphatic carbocycles. The Kier molecular flexibility index (Phi) is 1.32. The molecule has 2 radical (unpaired) electrons. The lowest BCUT2D eigenvalue weighted by atomic mass is 10.4. The molecule has 2 heterocycles. The van der Waals surface area contributed by atoms with Crippen molar-refractivity contribution in [1.82, 2.24) is 10.0 Å². The topological polar surface area (TPSA) is 21.5 Å². The van der Waals surface area contributed by atoms with Crippen LogP contribution in [0.5, 0.6) is 0 Å². The van der Waals surface area contributed by atoms with Crippen molar-refractivity contribution in [3.05, 3.63) is 19.3 Å². The predicted octanol–water partition coefficient (Wildman–Crippen LogP) is 0.465. The maximum absolute atomic E-state index is 4.19. The van der Waals surface area contributed by atoms with Crippen molar-refractivity contribution in [1.29, 1.82) is 0 Å². The number of nitrogens with zero attached hydrogens (tertiary/aromatic N) is 3. The molecule has 10 heavy (non-hydrogen) atoms. The number of amidine groups is 1. The van der Waals surface area contributed by atoms with Gasteiger partial charge in [-0.2, -0.15) is 4.99 Å². The van der Waals surface area contributed by atoms with Crippen LogP contribution in [0.2, 0.25) is 0 Å². The zero-order valence-corrected chi connectivity index (χ0v) is 5.82. The van der Waals surface area contributed by atoms with Gasteiger partial charge in [0.15, 0.2) is 6.20 Å². The van der Waals surface area contributed by atoms with Crippen molar-refractivity contribution >= 4 is 5.84 Å². The molecular weight excluding hydrogens is 126 g/mol. The minimum Gasteiger partial charge on any atom is -0.197 e. The van der Waals surface area contributed by atoms with Crippen molar-refractivity contribution in [2.45, 2.75) is 6.42 Å². The molecule has 3 heteroatoms.